The molecule has 0 aromatic heterocycles. The Morgan fingerprint density at radius 1 is 0.939 bits per heavy atom. The van der Waals surface area contributed by atoms with E-state index in [1.807, 2.05) is 62.4 Å². The maximum Gasteiger partial charge on any atom is 0.338 e. The van der Waals surface area contributed by atoms with E-state index in [0.717, 1.165) is 18.4 Å². The smallest absolute Gasteiger partial charge is 0.338 e. The van der Waals surface area contributed by atoms with E-state index >= 15 is 0 Å². The van der Waals surface area contributed by atoms with Crippen LogP contribution in [-0.4, -0.2) is 55.2 Å². The van der Waals surface area contributed by atoms with E-state index < -0.39 is 12.1 Å². The maximum atomic E-state index is 12.2. The van der Waals surface area contributed by atoms with Gasteiger partial charge in [0.2, 0.25) is 0 Å². The lowest BCUT2D eigenvalue weighted by Gasteiger charge is -2.29. The summed E-state index contributed by atoms with van der Waals surface area (Å²) in [5.41, 5.74) is 1.61. The molecule has 3 heterocycles. The number of carbonyl (C=O) groups is 1. The molecule has 5 rings (SSSR count). The van der Waals surface area contributed by atoms with Crippen molar-refractivity contribution in [2.24, 2.45) is 0 Å². The minimum atomic E-state index is -0.723. The van der Waals surface area contributed by atoms with Crippen LogP contribution in [0.3, 0.4) is 0 Å². The molecule has 33 heavy (non-hydrogen) atoms. The summed E-state index contributed by atoms with van der Waals surface area (Å²) in [6.07, 6.45) is -0.280. The molecule has 0 radical (unpaired) electrons. The Morgan fingerprint density at radius 2 is 1.67 bits per heavy atom. The molecule has 0 spiro atoms. The monoisotopic (exact) mass is 454 g/mol. The van der Waals surface area contributed by atoms with E-state index in [0.29, 0.717) is 12.2 Å². The molecule has 1 unspecified atom stereocenters. The molecule has 6 atom stereocenters. The number of esters is 1. The lowest BCUT2D eigenvalue weighted by atomic mass is 10.0. The van der Waals surface area contributed by atoms with Crippen molar-refractivity contribution in [1.29, 1.82) is 0 Å². The van der Waals surface area contributed by atoms with Gasteiger partial charge in [0.15, 0.2) is 12.1 Å². The molecule has 176 valence electrons. The fourth-order valence-electron chi connectivity index (χ4n) is 4.68. The zero-order valence-corrected chi connectivity index (χ0v) is 18.9. The molecule has 3 saturated heterocycles. The van der Waals surface area contributed by atoms with Gasteiger partial charge in [-0.2, -0.15) is 0 Å². The summed E-state index contributed by atoms with van der Waals surface area (Å²) in [5.74, 6) is -1.07. The van der Waals surface area contributed by atoms with Gasteiger partial charge in [0, 0.05) is 0 Å². The first-order chi connectivity index (χ1) is 16.0. The Balaban J connectivity index is 1.20. The Hall–Kier alpha value is -2.29. The summed E-state index contributed by atoms with van der Waals surface area (Å²) in [6, 6.07) is 19.0. The zero-order chi connectivity index (χ0) is 22.8. The molecular weight excluding hydrogens is 424 g/mol. The fourth-order valence-corrected chi connectivity index (χ4v) is 4.68. The fraction of sp³-hybridized carbons (Fsp3) is 0.500. The molecule has 0 amide bonds. The number of fused-ring (bicyclic) bond motifs is 1. The molecule has 3 aliphatic rings. The van der Waals surface area contributed by atoms with Crippen molar-refractivity contribution in [3.05, 3.63) is 71.8 Å². The summed E-state index contributed by atoms with van der Waals surface area (Å²) >= 11 is 0. The van der Waals surface area contributed by atoms with E-state index in [-0.39, 0.29) is 43.1 Å². The third kappa shape index (κ3) is 5.13. The van der Waals surface area contributed by atoms with Gasteiger partial charge in [-0.25, -0.2) is 4.79 Å². The molecule has 3 fully saturated rings. The average Bonchev–Trinajstić information content (AvgIpc) is 3.49. The third-order valence-electron chi connectivity index (χ3n) is 6.23. The molecule has 3 aliphatic heterocycles. The lowest BCUT2D eigenvalue weighted by molar-refractivity contribution is -0.232. The van der Waals surface area contributed by atoms with E-state index in [1.165, 1.54) is 0 Å². The largest absolute Gasteiger partial charge is 0.459 e. The van der Waals surface area contributed by atoms with Gasteiger partial charge in [-0.1, -0.05) is 48.5 Å². The van der Waals surface area contributed by atoms with E-state index in [9.17, 15) is 4.79 Å². The van der Waals surface area contributed by atoms with Crippen LogP contribution in [0.25, 0.3) is 0 Å². The van der Waals surface area contributed by atoms with Crippen molar-refractivity contribution in [3.63, 3.8) is 0 Å². The van der Waals surface area contributed by atoms with Gasteiger partial charge in [-0.05, 0) is 44.4 Å². The maximum absolute atomic E-state index is 12.2. The van der Waals surface area contributed by atoms with Gasteiger partial charge >= 0.3 is 5.97 Å². The van der Waals surface area contributed by atoms with Crippen LogP contribution in [0.15, 0.2) is 60.7 Å². The van der Waals surface area contributed by atoms with Crippen LogP contribution < -0.4 is 0 Å². The number of benzene rings is 2. The number of ether oxygens (including phenoxy) is 6. The molecule has 0 bridgehead atoms. The van der Waals surface area contributed by atoms with Crippen LogP contribution >= 0.6 is 0 Å². The molecule has 7 nitrogen and oxygen atoms in total. The second kappa shape index (κ2) is 9.52. The SMILES string of the molecule is CC1(C)O[C@H]2O[C@H]([C@@H]3CCC(COC(=O)c4ccccc4)O3)[C@H](OCc3ccccc3)[C@H]2O1. The van der Waals surface area contributed by atoms with Crippen molar-refractivity contribution in [3.8, 4) is 0 Å². The zero-order valence-electron chi connectivity index (χ0n) is 18.9. The first-order valence-electron chi connectivity index (χ1n) is 11.5. The second-order valence-corrected chi connectivity index (χ2v) is 9.17. The quantitative estimate of drug-likeness (QED) is 0.589. The minimum Gasteiger partial charge on any atom is -0.459 e. The van der Waals surface area contributed by atoms with Crippen molar-refractivity contribution in [1.82, 2.24) is 0 Å². The summed E-state index contributed by atoms with van der Waals surface area (Å²) in [5, 5.41) is 0. The molecule has 7 heteroatoms. The van der Waals surface area contributed by atoms with Crippen LogP contribution in [0, 0.1) is 0 Å². The second-order valence-electron chi connectivity index (χ2n) is 9.17. The first-order valence-corrected chi connectivity index (χ1v) is 11.5. The van der Waals surface area contributed by atoms with E-state index in [1.54, 1.807) is 12.1 Å². The van der Waals surface area contributed by atoms with Gasteiger partial charge in [0.05, 0.1) is 24.4 Å². The van der Waals surface area contributed by atoms with Crippen molar-refractivity contribution in [2.75, 3.05) is 6.61 Å². The van der Waals surface area contributed by atoms with Crippen LogP contribution in [0.2, 0.25) is 0 Å². The number of carbonyl (C=O) groups excluding carboxylic acids is 1. The summed E-state index contributed by atoms with van der Waals surface area (Å²) in [6.45, 7) is 4.41. The van der Waals surface area contributed by atoms with Crippen LogP contribution in [0.5, 0.6) is 0 Å². The highest BCUT2D eigenvalue weighted by Crippen LogP contribution is 2.42. The highest BCUT2D eigenvalue weighted by Gasteiger charge is 2.58. The first kappa shape index (κ1) is 22.5. The number of rotatable bonds is 7. The van der Waals surface area contributed by atoms with Gasteiger partial charge in [0.25, 0.3) is 0 Å². The molecule has 0 aliphatic carbocycles. The molecular formula is C26H30O7. The van der Waals surface area contributed by atoms with Crippen molar-refractivity contribution in [2.45, 2.75) is 75.9 Å². The van der Waals surface area contributed by atoms with Crippen LogP contribution in [0.1, 0.15) is 42.6 Å². The molecule has 2 aromatic rings. The minimum absolute atomic E-state index is 0.181. The number of hydrogen-bond acceptors (Lipinski definition) is 7. The highest BCUT2D eigenvalue weighted by molar-refractivity contribution is 5.89. The average molecular weight is 455 g/mol. The van der Waals surface area contributed by atoms with Gasteiger partial charge in [-0.15, -0.1) is 0 Å². The normalized spacial score (nSPS) is 32.5. The Bertz CT molecular complexity index is 932. The molecule has 0 saturated carbocycles. The number of hydrogen-bond donors (Lipinski definition) is 0. The Morgan fingerprint density at radius 3 is 2.42 bits per heavy atom. The van der Waals surface area contributed by atoms with E-state index in [2.05, 4.69) is 0 Å². The van der Waals surface area contributed by atoms with Gasteiger partial charge < -0.3 is 28.4 Å². The predicted octanol–water partition coefficient (Wildman–Crippen LogP) is 3.85. The Labute approximate surface area is 193 Å². The molecule has 2 aromatic carbocycles. The van der Waals surface area contributed by atoms with Gasteiger partial charge in [-0.3, -0.25) is 0 Å². The van der Waals surface area contributed by atoms with Crippen LogP contribution in [0.4, 0.5) is 0 Å². The van der Waals surface area contributed by atoms with Gasteiger partial charge in [0.1, 0.15) is 24.9 Å². The predicted molar refractivity (Wildman–Crippen MR) is 118 cm³/mol. The lowest BCUT2D eigenvalue weighted by Crippen LogP contribution is -2.42. The standard InChI is InChI=1S/C26H30O7/c1-26(2)32-23-22(28-15-17-9-5-3-6-10-17)21(31-25(23)33-26)20-14-13-19(30-20)16-29-24(27)18-11-7-4-8-12-18/h3-12,19-23,25H,13-16H2,1-2H3/t19?,20-,21+,22-,23+,25+/m0/s1. The summed E-state index contributed by atoms with van der Waals surface area (Å²) < 4.78 is 36.3. The summed E-state index contributed by atoms with van der Waals surface area (Å²) in [4.78, 5) is 12.2. The topological polar surface area (TPSA) is 72.5 Å². The Kier molecular flexibility index (Phi) is 6.49. The van der Waals surface area contributed by atoms with Crippen molar-refractivity contribution >= 4 is 5.97 Å². The van der Waals surface area contributed by atoms with Crippen LogP contribution in [-0.2, 0) is 35.0 Å². The summed E-state index contributed by atoms with van der Waals surface area (Å²) in [7, 11) is 0. The third-order valence-corrected chi connectivity index (χ3v) is 6.23. The highest BCUT2D eigenvalue weighted by atomic mass is 16.8. The van der Waals surface area contributed by atoms with E-state index in [4.69, 9.17) is 28.4 Å². The molecule has 0 N–H and O–H groups in total. The van der Waals surface area contributed by atoms with Crippen molar-refractivity contribution < 1.29 is 33.2 Å².